The lowest BCUT2D eigenvalue weighted by Gasteiger charge is -2.10. The molecule has 0 aromatic carbocycles. The van der Waals surface area contributed by atoms with Gasteiger partial charge >= 0.3 is 0 Å². The van der Waals surface area contributed by atoms with Gasteiger partial charge in [-0.2, -0.15) is 5.10 Å². The fraction of sp³-hybridized carbons (Fsp3) is 0.471. The monoisotopic (exact) mass is 313 g/mol. The van der Waals surface area contributed by atoms with Gasteiger partial charge in [-0.05, 0) is 32.4 Å². The van der Waals surface area contributed by atoms with Crippen molar-refractivity contribution in [1.82, 2.24) is 19.7 Å². The van der Waals surface area contributed by atoms with Crippen molar-refractivity contribution in [1.29, 1.82) is 0 Å². The van der Waals surface area contributed by atoms with Gasteiger partial charge in [0.1, 0.15) is 22.6 Å². The van der Waals surface area contributed by atoms with Crippen LogP contribution in [0.2, 0.25) is 0 Å². The highest BCUT2D eigenvalue weighted by Gasteiger charge is 2.15. The smallest absolute Gasteiger partial charge is 0.156 e. The lowest BCUT2D eigenvalue weighted by Crippen LogP contribution is -2.10. The predicted molar refractivity (Wildman–Crippen MR) is 90.6 cm³/mol. The fourth-order valence-electron chi connectivity index (χ4n) is 2.72. The van der Waals surface area contributed by atoms with Crippen LogP contribution in [0.3, 0.4) is 0 Å². The molecule has 0 saturated carbocycles. The largest absolute Gasteiger partial charge is 0.469 e. The summed E-state index contributed by atoms with van der Waals surface area (Å²) in [6.07, 6.45) is 4.42. The second kappa shape index (κ2) is 6.81. The van der Waals surface area contributed by atoms with Gasteiger partial charge in [-0.1, -0.05) is 6.92 Å². The van der Waals surface area contributed by atoms with Crippen LogP contribution in [-0.4, -0.2) is 26.3 Å². The van der Waals surface area contributed by atoms with Crippen molar-refractivity contribution < 1.29 is 4.42 Å². The molecule has 0 fully saturated rings. The number of hydrogen-bond acceptors (Lipinski definition) is 5. The van der Waals surface area contributed by atoms with Gasteiger partial charge in [0.05, 0.1) is 12.0 Å². The van der Waals surface area contributed by atoms with Crippen molar-refractivity contribution in [3.8, 4) is 0 Å². The van der Waals surface area contributed by atoms with Gasteiger partial charge in [0, 0.05) is 25.9 Å². The molecule has 122 valence electrons. The molecule has 0 atom stereocenters. The third kappa shape index (κ3) is 3.21. The maximum atomic E-state index is 5.38. The summed E-state index contributed by atoms with van der Waals surface area (Å²) in [6, 6.07) is 3.90. The van der Waals surface area contributed by atoms with E-state index in [-0.39, 0.29) is 0 Å². The molecule has 3 heterocycles. The second-order valence-electron chi connectivity index (χ2n) is 5.59. The number of nitrogens with zero attached hydrogens (tertiary/aromatic N) is 4. The molecule has 3 rings (SSSR count). The Morgan fingerprint density at radius 2 is 2.09 bits per heavy atom. The third-order valence-electron chi connectivity index (χ3n) is 3.82. The van der Waals surface area contributed by atoms with Crippen molar-refractivity contribution in [3.63, 3.8) is 0 Å². The lowest BCUT2D eigenvalue weighted by molar-refractivity contribution is 0.513. The molecule has 0 saturated heterocycles. The van der Waals surface area contributed by atoms with E-state index in [1.165, 1.54) is 0 Å². The summed E-state index contributed by atoms with van der Waals surface area (Å²) in [6.45, 7) is 7.79. The lowest BCUT2D eigenvalue weighted by atomic mass is 10.2. The number of anilines is 1. The van der Waals surface area contributed by atoms with Crippen LogP contribution < -0.4 is 5.32 Å². The fourth-order valence-corrected chi connectivity index (χ4v) is 2.72. The van der Waals surface area contributed by atoms with E-state index in [1.807, 2.05) is 23.7 Å². The number of nitrogens with one attached hydrogen (secondary N) is 1. The van der Waals surface area contributed by atoms with Crippen LogP contribution in [0.1, 0.15) is 37.5 Å². The van der Waals surface area contributed by atoms with Crippen molar-refractivity contribution >= 4 is 16.9 Å². The molecule has 0 radical (unpaired) electrons. The highest BCUT2D eigenvalue weighted by molar-refractivity contribution is 5.87. The Morgan fingerprint density at radius 3 is 2.78 bits per heavy atom. The van der Waals surface area contributed by atoms with Crippen LogP contribution in [0.25, 0.3) is 11.0 Å². The second-order valence-corrected chi connectivity index (χ2v) is 5.59. The predicted octanol–water partition coefficient (Wildman–Crippen LogP) is 3.35. The first kappa shape index (κ1) is 15.5. The zero-order valence-corrected chi connectivity index (χ0v) is 14.0. The molecular formula is C17H23N5O. The van der Waals surface area contributed by atoms with Gasteiger partial charge in [0.25, 0.3) is 0 Å². The third-order valence-corrected chi connectivity index (χ3v) is 3.82. The quantitative estimate of drug-likeness (QED) is 0.724. The Hall–Kier alpha value is -2.37. The minimum absolute atomic E-state index is 0.763. The molecule has 0 spiro atoms. The van der Waals surface area contributed by atoms with Crippen molar-refractivity contribution in [2.75, 3.05) is 11.9 Å². The van der Waals surface area contributed by atoms with Crippen LogP contribution in [0.5, 0.6) is 0 Å². The van der Waals surface area contributed by atoms with E-state index < -0.39 is 0 Å². The van der Waals surface area contributed by atoms with Gasteiger partial charge in [-0.3, -0.25) is 4.68 Å². The average Bonchev–Trinajstić information content (AvgIpc) is 3.16. The topological polar surface area (TPSA) is 68.8 Å². The van der Waals surface area contributed by atoms with E-state index >= 15 is 0 Å². The molecule has 1 N–H and O–H groups in total. The van der Waals surface area contributed by atoms with E-state index in [0.717, 1.165) is 66.5 Å². The highest BCUT2D eigenvalue weighted by atomic mass is 16.3. The van der Waals surface area contributed by atoms with Crippen LogP contribution in [0, 0.1) is 6.92 Å². The summed E-state index contributed by atoms with van der Waals surface area (Å²) < 4.78 is 7.35. The zero-order valence-electron chi connectivity index (χ0n) is 14.0. The van der Waals surface area contributed by atoms with Crippen molar-refractivity contribution in [3.05, 3.63) is 35.7 Å². The first-order chi connectivity index (χ1) is 11.2. The summed E-state index contributed by atoms with van der Waals surface area (Å²) in [5.74, 6) is 2.71. The van der Waals surface area contributed by atoms with Crippen LogP contribution in [0.4, 0.5) is 5.82 Å². The highest BCUT2D eigenvalue weighted by Crippen LogP contribution is 2.23. The molecule has 3 aromatic rings. The Kier molecular flexibility index (Phi) is 4.60. The molecule has 6 heteroatoms. The van der Waals surface area contributed by atoms with Gasteiger partial charge in [-0.25, -0.2) is 9.97 Å². The van der Waals surface area contributed by atoms with E-state index in [9.17, 15) is 0 Å². The summed E-state index contributed by atoms with van der Waals surface area (Å²) in [7, 11) is 0. The summed E-state index contributed by atoms with van der Waals surface area (Å²) in [5.41, 5.74) is 2.89. The number of hydrogen-bond donors (Lipinski definition) is 1. The van der Waals surface area contributed by atoms with Gasteiger partial charge in [0.15, 0.2) is 5.82 Å². The minimum Gasteiger partial charge on any atom is -0.469 e. The number of aromatic nitrogens is 4. The molecule has 0 amide bonds. The summed E-state index contributed by atoms with van der Waals surface area (Å²) in [5, 5.41) is 8.02. The average molecular weight is 313 g/mol. The Balaban J connectivity index is 1.91. The number of aryl methyl sites for hydroxylation is 3. The number of furan rings is 1. The maximum Gasteiger partial charge on any atom is 0.156 e. The molecule has 0 unspecified atom stereocenters. The molecule has 0 aliphatic carbocycles. The zero-order chi connectivity index (χ0) is 16.2. The molecule has 6 nitrogen and oxygen atoms in total. The first-order valence-electron chi connectivity index (χ1n) is 8.23. The minimum atomic E-state index is 0.763. The standard InChI is InChI=1S/C17H23N5O/c1-4-7-14-19-15-12(3)21-22(5-2)16(15)17(20-14)18-10-9-13-8-6-11-23-13/h6,8,11H,4-5,7,9-10H2,1-3H3,(H,18,19,20). The van der Waals surface area contributed by atoms with Crippen molar-refractivity contribution in [2.24, 2.45) is 0 Å². The summed E-state index contributed by atoms with van der Waals surface area (Å²) >= 11 is 0. The Morgan fingerprint density at radius 1 is 1.22 bits per heavy atom. The van der Waals surface area contributed by atoms with E-state index in [4.69, 9.17) is 14.4 Å². The van der Waals surface area contributed by atoms with Crippen molar-refractivity contribution in [2.45, 2.75) is 46.6 Å². The first-order valence-corrected chi connectivity index (χ1v) is 8.23. The van der Waals surface area contributed by atoms with E-state index in [2.05, 4.69) is 24.3 Å². The van der Waals surface area contributed by atoms with Gasteiger partial charge in [-0.15, -0.1) is 0 Å². The number of fused-ring (bicyclic) bond motifs is 1. The molecule has 23 heavy (non-hydrogen) atoms. The summed E-state index contributed by atoms with van der Waals surface area (Å²) in [4.78, 5) is 9.42. The van der Waals surface area contributed by atoms with E-state index in [0.29, 0.717) is 0 Å². The molecule has 0 aliphatic rings. The maximum absolute atomic E-state index is 5.38. The molecule has 0 aliphatic heterocycles. The normalized spacial score (nSPS) is 11.3. The van der Waals surface area contributed by atoms with Crippen LogP contribution in [-0.2, 0) is 19.4 Å². The molecule has 3 aromatic heterocycles. The SMILES string of the molecule is CCCc1nc(NCCc2ccco2)c2c(n1)c(C)nn2CC. The van der Waals surface area contributed by atoms with Crippen LogP contribution in [0.15, 0.2) is 22.8 Å². The molecular weight excluding hydrogens is 290 g/mol. The molecule has 0 bridgehead atoms. The number of rotatable bonds is 7. The van der Waals surface area contributed by atoms with Gasteiger partial charge in [0.2, 0.25) is 0 Å². The van der Waals surface area contributed by atoms with E-state index in [1.54, 1.807) is 6.26 Å². The Bertz CT molecular complexity index is 776. The van der Waals surface area contributed by atoms with Gasteiger partial charge < -0.3 is 9.73 Å². The van der Waals surface area contributed by atoms with Crippen LogP contribution >= 0.6 is 0 Å². The Labute approximate surface area is 135 Å².